The van der Waals surface area contributed by atoms with E-state index in [-0.39, 0.29) is 42.7 Å². The van der Waals surface area contributed by atoms with Gasteiger partial charge in [-0.2, -0.15) is 40.4 Å². The zero-order valence-corrected chi connectivity index (χ0v) is 69.4. The summed E-state index contributed by atoms with van der Waals surface area (Å²) in [5.41, 5.74) is 11.0. The van der Waals surface area contributed by atoms with E-state index in [0.717, 1.165) is 213 Å². The molecule has 7 N–H and O–H groups in total. The van der Waals surface area contributed by atoms with Crippen LogP contribution >= 0.6 is 58.7 Å². The Morgan fingerprint density at radius 1 is 0.583 bits per heavy atom. The topological polar surface area (TPSA) is 246 Å². The molecule has 0 radical (unpaired) electrons. The maximum atomic E-state index is 12.9. The van der Waals surface area contributed by atoms with Crippen LogP contribution in [0.3, 0.4) is 0 Å². The van der Waals surface area contributed by atoms with Gasteiger partial charge in [0.1, 0.15) is 23.3 Å². The first-order valence-electron chi connectivity index (χ1n) is 37.2. The molecular weight excluding hydrogens is 1650 g/mol. The van der Waals surface area contributed by atoms with Gasteiger partial charge in [-0.15, -0.1) is 0 Å². The van der Waals surface area contributed by atoms with Crippen LogP contribution in [0.25, 0.3) is 11.1 Å². The number of rotatable bonds is 12. The molecule has 598 valence electrons. The molecule has 3 aromatic heterocycles. The number of hydrogen-bond acceptors (Lipinski definition) is 19. The van der Waals surface area contributed by atoms with Gasteiger partial charge in [-0.1, -0.05) is 31.0 Å². The number of benzene rings is 2. The average Bonchev–Trinajstić information content (AvgIpc) is 1.68. The van der Waals surface area contributed by atoms with Gasteiger partial charge in [0, 0.05) is 128 Å². The number of carbonyl (C=O) groups is 2. The number of urea groups is 2. The summed E-state index contributed by atoms with van der Waals surface area (Å²) >= 11 is 4.16. The average molecular weight is 1760 g/mol. The summed E-state index contributed by atoms with van der Waals surface area (Å²) in [4.78, 5) is 46.0. The highest BCUT2D eigenvalue weighted by molar-refractivity contribution is 14.1. The van der Waals surface area contributed by atoms with Crippen molar-refractivity contribution in [3.63, 3.8) is 0 Å². The smallest absolute Gasteiger partial charge is 0.399 e. The van der Waals surface area contributed by atoms with E-state index in [1.54, 1.807) is 12.1 Å². The van der Waals surface area contributed by atoms with Gasteiger partial charge < -0.3 is 89.6 Å². The molecule has 0 bridgehead atoms. The van der Waals surface area contributed by atoms with Gasteiger partial charge in [0.15, 0.2) is 0 Å². The van der Waals surface area contributed by atoms with Crippen LogP contribution in [0.2, 0.25) is 0 Å². The summed E-state index contributed by atoms with van der Waals surface area (Å²) in [5, 5.41) is 16.3. The number of carbonyl (C=O) groups excluding carboxylic acids is 2. The molecule has 3 unspecified atom stereocenters. The number of pyridine rings is 3. The Kier molecular flexibility index (Phi) is 33.1. The lowest BCUT2D eigenvalue weighted by molar-refractivity contribution is -0.143. The standard InChI is InChI=1S/C28H39N5O3.C20H28BF3N2O3.C14H20IN3O2.C5H2F2IN.C5H11NO.C4H9NO.H2S/c1-4-21-7-9-33(18-21)27(34)29-23-6-5-20(2)24(17-23)22-15-25(31-28(3)8-12-36-19-28)30-26(16-22)32-10-13-35-14-11-32;1-13-6-7-15(10-16(13)21-28-18(2,3)19(4,5)29-21)25-17(27)26-9-8-14(12-26)11-20(22,23)24;1-14(2-5-20-10-14)17-12-8-11(15)9-13(16-12)18-3-6-19-7-4-18;6-4-1-3(8)2-5(7)9-4;1-5(6)2-3-7-4-5;1-3-6-4-2-5-1;/h5-6,15-17,21H,4,7-14,18-19H2,1-3H3,(H,29,34)(H,30,31);6-7,10,14H,8-9,11-12H2,1-5H3,(H,25,27);8-9H,2-7,10H2,1H3,(H,16,17);1-2H;2-4,6H2,1H3;5H,1-4H2;1H2/t21-,28?;14-;;;;;/m10...../s1. The molecule has 4 amide bonds. The Morgan fingerprint density at radius 3 is 1.50 bits per heavy atom. The Balaban J connectivity index is 0.000000181. The monoisotopic (exact) mass is 1760 g/mol. The number of hydrogen-bond donors (Lipinski definition) is 6. The van der Waals surface area contributed by atoms with E-state index < -0.39 is 54.8 Å². The molecule has 2 aromatic carbocycles. The van der Waals surface area contributed by atoms with E-state index in [9.17, 15) is 31.5 Å². The van der Waals surface area contributed by atoms with Crippen molar-refractivity contribution in [3.8, 4) is 11.1 Å². The number of alkyl halides is 3. The fourth-order valence-electron chi connectivity index (χ4n) is 13.2. The van der Waals surface area contributed by atoms with Gasteiger partial charge in [0.2, 0.25) is 11.9 Å². The van der Waals surface area contributed by atoms with Gasteiger partial charge in [0.05, 0.1) is 81.7 Å². The van der Waals surface area contributed by atoms with Crippen molar-refractivity contribution in [1.82, 2.24) is 30.1 Å². The van der Waals surface area contributed by atoms with Crippen LogP contribution in [0, 0.1) is 44.7 Å². The quantitative estimate of drug-likeness (QED) is 0.0294. The lowest BCUT2D eigenvalue weighted by Crippen LogP contribution is -2.41. The Labute approximate surface area is 668 Å². The summed E-state index contributed by atoms with van der Waals surface area (Å²) < 4.78 is 108. The Morgan fingerprint density at radius 2 is 1.06 bits per heavy atom. The molecule has 9 saturated heterocycles. The normalized spacial score (nSPS) is 24.2. The van der Waals surface area contributed by atoms with E-state index in [4.69, 9.17) is 53.4 Å². The van der Waals surface area contributed by atoms with Crippen LogP contribution < -0.4 is 47.6 Å². The second-order valence-corrected chi connectivity index (χ2v) is 33.0. The molecule has 9 aliphatic rings. The van der Waals surface area contributed by atoms with Crippen LogP contribution in [0.5, 0.6) is 0 Å². The molecule has 5 atom stereocenters. The molecule has 23 nitrogen and oxygen atoms in total. The zero-order valence-electron chi connectivity index (χ0n) is 64.1. The van der Waals surface area contributed by atoms with E-state index in [2.05, 4.69) is 128 Å². The lowest BCUT2D eigenvalue weighted by atomic mass is 9.76. The molecule has 9 fully saturated rings. The van der Waals surface area contributed by atoms with E-state index in [1.807, 2.05) is 81.2 Å². The van der Waals surface area contributed by atoms with Gasteiger partial charge in [-0.25, -0.2) is 19.6 Å². The first-order valence-corrected chi connectivity index (χ1v) is 39.4. The maximum absolute atomic E-state index is 12.9. The van der Waals surface area contributed by atoms with Gasteiger partial charge in [-0.05, 0) is 222 Å². The molecule has 32 heteroatoms. The number of ether oxygens (including phenoxy) is 6. The summed E-state index contributed by atoms with van der Waals surface area (Å²) in [6.45, 7) is 37.4. The minimum Gasteiger partial charge on any atom is -0.399 e. The third kappa shape index (κ3) is 27.3. The predicted octanol–water partition coefficient (Wildman–Crippen LogP) is 12.8. The molecule has 0 spiro atoms. The van der Waals surface area contributed by atoms with Crippen LogP contribution in [0.15, 0.2) is 72.8 Å². The van der Waals surface area contributed by atoms with Crippen molar-refractivity contribution in [3.05, 3.63) is 103 Å². The fourth-order valence-corrected chi connectivity index (χ4v) is 14.3. The number of nitrogens with one attached hydrogen (secondary N) is 5. The first-order chi connectivity index (χ1) is 50.7. The number of likely N-dealkylation sites (tertiary alicyclic amines) is 2. The number of halogens is 7. The number of nitrogens with two attached hydrogens (primary N) is 1. The Bertz CT molecular complexity index is 3620. The molecule has 0 aliphatic carbocycles. The molecule has 5 aromatic rings. The minimum absolute atomic E-state index is 0. The number of anilines is 6. The van der Waals surface area contributed by atoms with Crippen LogP contribution in [-0.4, -0.2) is 223 Å². The highest BCUT2D eigenvalue weighted by Crippen LogP contribution is 2.39. The second-order valence-electron chi connectivity index (χ2n) is 30.5. The van der Waals surface area contributed by atoms with Gasteiger partial charge in [-0.3, -0.25) is 0 Å². The van der Waals surface area contributed by atoms with E-state index in [0.29, 0.717) is 48.0 Å². The van der Waals surface area contributed by atoms with E-state index >= 15 is 0 Å². The third-order valence-corrected chi connectivity index (χ3v) is 21.7. The summed E-state index contributed by atoms with van der Waals surface area (Å²) in [6, 6.07) is 22.0. The van der Waals surface area contributed by atoms with Gasteiger partial charge in [0.25, 0.3) is 0 Å². The SMILES string of the molecule is C1COCCN1.CC1(N)CCOC1.CC1(Nc2cc(I)cc(N3CCOCC3)n2)CCOC1.CC[C@@H]1CCN(C(=O)Nc2ccc(C)c(-c3cc(NC4(C)CCOC4)nc(N4CCOCC4)c3)c2)C1.Cc1ccc(NC(=O)N2CC[C@@H](CC(F)(F)F)C2)cc1B1OC(C)(C)C(C)(C)O1.Fc1cc(I)cc(F)n1.S. The third-order valence-electron chi connectivity index (χ3n) is 20.5. The molecular formula is C76H111BF5I2N13O10S. The minimum atomic E-state index is -4.20. The van der Waals surface area contributed by atoms with Crippen molar-refractivity contribution in [1.29, 1.82) is 0 Å². The number of amides is 4. The number of morpholine rings is 3. The first kappa shape index (κ1) is 88.3. The van der Waals surface area contributed by atoms with Crippen LogP contribution in [0.1, 0.15) is 111 Å². The molecule has 12 heterocycles. The highest BCUT2D eigenvalue weighted by atomic mass is 127. The molecule has 14 rings (SSSR count). The van der Waals surface area contributed by atoms with Crippen molar-refractivity contribution in [2.75, 3.05) is 176 Å². The fraction of sp³-hybridized carbons (Fsp3) is 0.618. The van der Waals surface area contributed by atoms with E-state index in [1.165, 1.54) is 8.47 Å². The maximum Gasteiger partial charge on any atom is 0.495 e. The van der Waals surface area contributed by atoms with Crippen LogP contribution in [-0.2, 0) is 37.7 Å². The summed E-state index contributed by atoms with van der Waals surface area (Å²) in [6.07, 6.45) is 0.485. The number of nitrogens with zero attached hydrogens (tertiary/aromatic N) is 7. The molecule has 108 heavy (non-hydrogen) atoms. The van der Waals surface area contributed by atoms with Gasteiger partial charge >= 0.3 is 25.4 Å². The summed E-state index contributed by atoms with van der Waals surface area (Å²) in [7, 11) is -0.556. The molecule has 9 aliphatic heterocycles. The largest absolute Gasteiger partial charge is 0.495 e. The second kappa shape index (κ2) is 40.5. The number of aryl methyl sites for hydroxylation is 2. The Hall–Kier alpha value is -5.25. The van der Waals surface area contributed by atoms with Crippen molar-refractivity contribution < 1.29 is 69.3 Å². The lowest BCUT2D eigenvalue weighted by Gasteiger charge is -2.32. The highest BCUT2D eigenvalue weighted by Gasteiger charge is 2.52. The van der Waals surface area contributed by atoms with Crippen molar-refractivity contribution >= 4 is 118 Å². The number of aromatic nitrogens is 3. The zero-order chi connectivity index (χ0) is 77.2. The predicted molar refractivity (Wildman–Crippen MR) is 437 cm³/mol. The van der Waals surface area contributed by atoms with Crippen LogP contribution in [0.4, 0.5) is 66.2 Å². The molecule has 0 saturated carbocycles. The van der Waals surface area contributed by atoms with Crippen molar-refractivity contribution in [2.45, 2.75) is 148 Å². The summed E-state index contributed by atoms with van der Waals surface area (Å²) in [5.74, 6) is 2.27. The van der Waals surface area contributed by atoms with Crippen molar-refractivity contribution in [2.24, 2.45) is 17.6 Å².